The van der Waals surface area contributed by atoms with Crippen molar-refractivity contribution in [2.75, 3.05) is 0 Å². The largest absolute Gasteiger partial charge is 0.332 e. The van der Waals surface area contributed by atoms with Crippen molar-refractivity contribution >= 4 is 22.8 Å². The molecule has 0 N–H and O–H groups in total. The Bertz CT molecular complexity index is 1390. The first-order valence-electron chi connectivity index (χ1n) is 9.69. The second-order valence-electron chi connectivity index (χ2n) is 7.75. The van der Waals surface area contributed by atoms with Gasteiger partial charge in [-0.15, -0.1) is 0 Å². The summed E-state index contributed by atoms with van der Waals surface area (Å²) in [7, 11) is 1.63. The fourth-order valence-corrected chi connectivity index (χ4v) is 3.97. The SMILES string of the molecule is Cc1cc(C)n(-c2nc3c(c(=O)n(Cc4cccc(Cl)c4)c(=O)n3C)n2C(C)C)n1. The third-order valence-corrected chi connectivity index (χ3v) is 5.34. The normalized spacial score (nSPS) is 11.7. The first-order valence-corrected chi connectivity index (χ1v) is 10.1. The van der Waals surface area contributed by atoms with Crippen LogP contribution in [0.15, 0.2) is 39.9 Å². The van der Waals surface area contributed by atoms with E-state index in [1.807, 2.05) is 44.4 Å². The monoisotopic (exact) mass is 426 g/mol. The second-order valence-corrected chi connectivity index (χ2v) is 8.19. The molecule has 4 rings (SSSR count). The van der Waals surface area contributed by atoms with Gasteiger partial charge in [-0.25, -0.2) is 9.48 Å². The van der Waals surface area contributed by atoms with E-state index >= 15 is 0 Å². The molecule has 30 heavy (non-hydrogen) atoms. The van der Waals surface area contributed by atoms with E-state index in [-0.39, 0.29) is 18.1 Å². The average molecular weight is 427 g/mol. The maximum Gasteiger partial charge on any atom is 0.332 e. The second kappa shape index (κ2) is 7.28. The summed E-state index contributed by atoms with van der Waals surface area (Å²) in [5.74, 6) is 0.512. The van der Waals surface area contributed by atoms with E-state index in [0.29, 0.717) is 22.1 Å². The quantitative estimate of drug-likeness (QED) is 0.502. The highest BCUT2D eigenvalue weighted by atomic mass is 35.5. The maximum absolute atomic E-state index is 13.5. The topological polar surface area (TPSA) is 79.6 Å². The van der Waals surface area contributed by atoms with Crippen LogP contribution in [-0.2, 0) is 13.6 Å². The van der Waals surface area contributed by atoms with Crippen LogP contribution in [0, 0.1) is 13.8 Å². The number of halogens is 1. The van der Waals surface area contributed by atoms with Gasteiger partial charge in [0.2, 0.25) is 5.95 Å². The lowest BCUT2D eigenvalue weighted by Gasteiger charge is -2.14. The molecule has 0 aliphatic rings. The Labute approximate surface area is 178 Å². The lowest BCUT2D eigenvalue weighted by molar-refractivity contribution is 0.577. The van der Waals surface area contributed by atoms with Crippen LogP contribution in [-0.4, -0.2) is 28.5 Å². The number of rotatable bonds is 4. The predicted molar refractivity (Wildman–Crippen MR) is 117 cm³/mol. The molecule has 1 aromatic carbocycles. The number of fused-ring (bicyclic) bond motifs is 1. The number of aromatic nitrogens is 6. The summed E-state index contributed by atoms with van der Waals surface area (Å²) in [6.45, 7) is 7.91. The van der Waals surface area contributed by atoms with Crippen LogP contribution in [0.2, 0.25) is 5.02 Å². The van der Waals surface area contributed by atoms with Crippen molar-refractivity contribution in [1.82, 2.24) is 28.5 Å². The smallest absolute Gasteiger partial charge is 0.300 e. The minimum absolute atomic E-state index is 0.0706. The molecular formula is C21H23ClN6O2. The van der Waals surface area contributed by atoms with Crippen LogP contribution in [0.4, 0.5) is 0 Å². The summed E-state index contributed by atoms with van der Waals surface area (Å²) in [6, 6.07) is 9.01. The Kier molecular flexibility index (Phi) is 4.89. The third kappa shape index (κ3) is 3.17. The van der Waals surface area contributed by atoms with Gasteiger partial charge in [-0.05, 0) is 51.5 Å². The van der Waals surface area contributed by atoms with Gasteiger partial charge in [-0.1, -0.05) is 23.7 Å². The Morgan fingerprint density at radius 2 is 1.87 bits per heavy atom. The molecule has 4 aromatic rings. The summed E-state index contributed by atoms with van der Waals surface area (Å²) >= 11 is 6.08. The van der Waals surface area contributed by atoms with E-state index in [0.717, 1.165) is 17.0 Å². The van der Waals surface area contributed by atoms with Crippen molar-refractivity contribution in [3.63, 3.8) is 0 Å². The molecule has 9 heteroatoms. The fraction of sp³-hybridized carbons (Fsp3) is 0.333. The summed E-state index contributed by atoms with van der Waals surface area (Å²) in [5, 5.41) is 5.08. The fourth-order valence-electron chi connectivity index (χ4n) is 3.76. The number of hydrogen-bond acceptors (Lipinski definition) is 4. The standard InChI is InChI=1S/C21H23ClN6O2/c1-12(2)27-17-18(23-20(27)28-14(4)9-13(3)24-28)25(5)21(30)26(19(17)29)11-15-7-6-8-16(22)10-15/h6-10,12H,11H2,1-5H3. The van der Waals surface area contributed by atoms with E-state index in [1.54, 1.807) is 29.9 Å². The number of nitrogens with zero attached hydrogens (tertiary/aromatic N) is 6. The zero-order valence-electron chi connectivity index (χ0n) is 17.5. The zero-order valence-corrected chi connectivity index (χ0v) is 18.3. The number of aryl methyl sites for hydroxylation is 3. The van der Waals surface area contributed by atoms with Crippen molar-refractivity contribution in [3.8, 4) is 5.95 Å². The lowest BCUT2D eigenvalue weighted by atomic mass is 10.2. The van der Waals surface area contributed by atoms with E-state index < -0.39 is 5.69 Å². The molecule has 0 saturated heterocycles. The van der Waals surface area contributed by atoms with Gasteiger partial charge in [0, 0.05) is 23.8 Å². The molecule has 0 spiro atoms. The molecule has 0 radical (unpaired) electrons. The number of benzene rings is 1. The molecule has 8 nitrogen and oxygen atoms in total. The molecule has 0 aliphatic carbocycles. The minimum Gasteiger partial charge on any atom is -0.300 e. The molecule has 0 aliphatic heterocycles. The summed E-state index contributed by atoms with van der Waals surface area (Å²) in [6.07, 6.45) is 0. The van der Waals surface area contributed by atoms with Gasteiger partial charge in [0.25, 0.3) is 5.56 Å². The minimum atomic E-state index is -0.430. The highest BCUT2D eigenvalue weighted by Crippen LogP contribution is 2.22. The Morgan fingerprint density at radius 3 is 2.47 bits per heavy atom. The van der Waals surface area contributed by atoms with Crippen molar-refractivity contribution in [2.24, 2.45) is 7.05 Å². The van der Waals surface area contributed by atoms with Crippen molar-refractivity contribution in [1.29, 1.82) is 0 Å². The Balaban J connectivity index is 2.04. The van der Waals surface area contributed by atoms with E-state index in [2.05, 4.69) is 10.1 Å². The number of hydrogen-bond donors (Lipinski definition) is 0. The molecule has 0 saturated carbocycles. The molecule has 0 atom stereocenters. The highest BCUT2D eigenvalue weighted by molar-refractivity contribution is 6.30. The predicted octanol–water partition coefficient (Wildman–Crippen LogP) is 2.98. The van der Waals surface area contributed by atoms with E-state index in [9.17, 15) is 9.59 Å². The third-order valence-electron chi connectivity index (χ3n) is 5.10. The molecule has 0 amide bonds. The van der Waals surface area contributed by atoms with Gasteiger partial charge >= 0.3 is 5.69 Å². The van der Waals surface area contributed by atoms with Crippen LogP contribution in [0.3, 0.4) is 0 Å². The van der Waals surface area contributed by atoms with Crippen LogP contribution in [0.5, 0.6) is 0 Å². The molecule has 3 aromatic heterocycles. The van der Waals surface area contributed by atoms with Gasteiger partial charge in [0.15, 0.2) is 11.2 Å². The van der Waals surface area contributed by atoms with Crippen LogP contribution < -0.4 is 11.2 Å². The van der Waals surface area contributed by atoms with Crippen LogP contribution in [0.1, 0.15) is 36.8 Å². The van der Waals surface area contributed by atoms with Crippen LogP contribution in [0.25, 0.3) is 17.1 Å². The summed E-state index contributed by atoms with van der Waals surface area (Å²) in [5.41, 5.74) is 2.41. The van der Waals surface area contributed by atoms with Crippen molar-refractivity contribution in [2.45, 2.75) is 40.3 Å². The average Bonchev–Trinajstić information content (AvgIpc) is 3.23. The molecule has 0 unspecified atom stereocenters. The van der Waals surface area contributed by atoms with Gasteiger partial charge in [0.1, 0.15) is 0 Å². The summed E-state index contributed by atoms with van der Waals surface area (Å²) < 4.78 is 6.18. The molecular weight excluding hydrogens is 404 g/mol. The highest BCUT2D eigenvalue weighted by Gasteiger charge is 2.24. The first kappa shape index (κ1) is 20.2. The van der Waals surface area contributed by atoms with E-state index in [4.69, 9.17) is 11.6 Å². The van der Waals surface area contributed by atoms with Gasteiger partial charge in [-0.2, -0.15) is 10.1 Å². The molecule has 156 valence electrons. The molecule has 0 bridgehead atoms. The first-order chi connectivity index (χ1) is 14.2. The lowest BCUT2D eigenvalue weighted by Crippen LogP contribution is -2.40. The molecule has 3 heterocycles. The van der Waals surface area contributed by atoms with Crippen LogP contribution >= 0.6 is 11.6 Å². The Hall–Kier alpha value is -3.13. The van der Waals surface area contributed by atoms with Gasteiger partial charge < -0.3 is 0 Å². The van der Waals surface area contributed by atoms with E-state index in [1.165, 1.54) is 9.13 Å². The van der Waals surface area contributed by atoms with Crippen molar-refractivity contribution < 1.29 is 0 Å². The van der Waals surface area contributed by atoms with Gasteiger partial charge in [0.05, 0.1) is 12.2 Å². The van der Waals surface area contributed by atoms with Crippen molar-refractivity contribution in [3.05, 3.63) is 73.1 Å². The van der Waals surface area contributed by atoms with Gasteiger partial charge in [-0.3, -0.25) is 18.5 Å². The maximum atomic E-state index is 13.5. The molecule has 0 fully saturated rings. The number of imidazole rings is 1. The Morgan fingerprint density at radius 1 is 1.13 bits per heavy atom. The summed E-state index contributed by atoms with van der Waals surface area (Å²) in [4.78, 5) is 31.1. The zero-order chi connectivity index (χ0) is 21.7.